The molecular weight excluding hydrogens is 416 g/mol. The molecule has 0 saturated heterocycles. The Balaban J connectivity index is 2.14. The number of pyridine rings is 1. The van der Waals surface area contributed by atoms with Gasteiger partial charge in [-0.2, -0.15) is 14.9 Å². The molecule has 2 rings (SSSR count). The van der Waals surface area contributed by atoms with E-state index in [1.807, 2.05) is 0 Å². The summed E-state index contributed by atoms with van der Waals surface area (Å²) in [5.41, 5.74) is 7.85. The number of H-pyrrole nitrogens is 1. The lowest BCUT2D eigenvalue weighted by molar-refractivity contribution is 0.0514. The van der Waals surface area contributed by atoms with Gasteiger partial charge in [0.15, 0.2) is 0 Å². The lowest BCUT2D eigenvalue weighted by Crippen LogP contribution is -2.27. The first-order chi connectivity index (χ1) is 14.4. The number of rotatable bonds is 9. The molecule has 0 aliphatic carbocycles. The van der Waals surface area contributed by atoms with Crippen LogP contribution in [0, 0.1) is 5.53 Å². The summed E-state index contributed by atoms with van der Waals surface area (Å²) in [6, 6.07) is 1.07. The fourth-order valence-electron chi connectivity index (χ4n) is 2.62. The van der Waals surface area contributed by atoms with E-state index in [0.29, 0.717) is 30.9 Å². The smallest absolute Gasteiger partial charge is 0.435 e. The van der Waals surface area contributed by atoms with E-state index < -0.39 is 25.3 Å². The summed E-state index contributed by atoms with van der Waals surface area (Å²) in [4.78, 5) is 27.2. The van der Waals surface area contributed by atoms with Gasteiger partial charge in [-0.25, -0.2) is 10.3 Å². The average molecular weight is 449 g/mol. The highest BCUT2D eigenvalue weighted by molar-refractivity contribution is 6.76. The molecule has 0 aliphatic rings. The van der Waals surface area contributed by atoms with Crippen molar-refractivity contribution in [3.8, 4) is 11.1 Å². The van der Waals surface area contributed by atoms with Crippen LogP contribution in [-0.2, 0) is 9.47 Å². The van der Waals surface area contributed by atoms with E-state index >= 15 is 0 Å². The monoisotopic (exact) mass is 448 g/mol. The predicted molar refractivity (Wildman–Crippen MR) is 122 cm³/mol. The first-order valence-electron chi connectivity index (χ1n) is 10.1. The number of carbonyl (C=O) groups excluding carboxylic acids is 1. The summed E-state index contributed by atoms with van der Waals surface area (Å²) in [6.07, 6.45) is 3.75. The number of carbonyl (C=O) groups is 1. The maximum atomic E-state index is 12.3. The van der Waals surface area contributed by atoms with Crippen molar-refractivity contribution in [3.63, 3.8) is 0 Å². The molecule has 0 atom stereocenters. The Morgan fingerprint density at radius 3 is 2.65 bits per heavy atom. The van der Waals surface area contributed by atoms with Crippen LogP contribution in [0.3, 0.4) is 0 Å². The summed E-state index contributed by atoms with van der Waals surface area (Å²) in [6.45, 7) is 13.7. The molecule has 0 bridgehead atoms. The van der Waals surface area contributed by atoms with Crippen molar-refractivity contribution < 1.29 is 14.3 Å². The van der Waals surface area contributed by atoms with E-state index in [1.165, 1.54) is 18.6 Å². The first-order valence-corrected chi connectivity index (χ1v) is 13.8. The van der Waals surface area contributed by atoms with Crippen LogP contribution >= 0.6 is 0 Å². The highest BCUT2D eigenvalue weighted by Crippen LogP contribution is 2.33. The molecule has 0 amide bonds. The van der Waals surface area contributed by atoms with Crippen molar-refractivity contribution in [3.05, 3.63) is 28.9 Å². The van der Waals surface area contributed by atoms with Gasteiger partial charge >= 0.3 is 6.09 Å². The minimum Gasteiger partial charge on any atom is -0.442 e. The van der Waals surface area contributed by atoms with E-state index in [9.17, 15) is 9.59 Å². The van der Waals surface area contributed by atoms with Gasteiger partial charge in [-0.3, -0.25) is 4.79 Å². The maximum Gasteiger partial charge on any atom is 0.435 e. The Labute approximate surface area is 182 Å². The molecule has 0 radical (unpaired) electrons. The second-order valence-electron chi connectivity index (χ2n) is 9.37. The largest absolute Gasteiger partial charge is 0.442 e. The minimum atomic E-state index is -1.15. The van der Waals surface area contributed by atoms with Crippen LogP contribution in [0.4, 0.5) is 16.2 Å². The number of anilines is 1. The van der Waals surface area contributed by atoms with Gasteiger partial charge in [0.2, 0.25) is 0 Å². The van der Waals surface area contributed by atoms with Crippen molar-refractivity contribution in [2.75, 3.05) is 25.1 Å². The van der Waals surface area contributed by atoms with Crippen molar-refractivity contribution in [2.45, 2.75) is 52.1 Å². The molecule has 10 nitrogen and oxygen atoms in total. The fourth-order valence-corrected chi connectivity index (χ4v) is 3.38. The summed E-state index contributed by atoms with van der Waals surface area (Å²) in [5, 5.41) is 10.6. The second kappa shape index (κ2) is 10.0. The third-order valence-electron chi connectivity index (χ3n) is 4.20. The van der Waals surface area contributed by atoms with Gasteiger partial charge in [-0.15, -0.1) is 0 Å². The Morgan fingerprint density at radius 1 is 1.32 bits per heavy atom. The van der Waals surface area contributed by atoms with Crippen molar-refractivity contribution >= 4 is 25.5 Å². The highest BCUT2D eigenvalue weighted by Gasteiger charge is 2.20. The minimum absolute atomic E-state index is 0.162. The van der Waals surface area contributed by atoms with Crippen LogP contribution in [0.1, 0.15) is 20.8 Å². The standard InChI is InChI=1S/C20H32N6O4Si/c1-20(2,3)30-19(28)26-13-14(11-24-26)15-12-23-18(27)17(16(15)25-21)22-7-8-29-9-10-31(4,5)6/h11-13,21-22H,7-10H2,1-6H3,(H,23,27). The number of hydrogen-bond donors (Lipinski definition) is 3. The molecule has 2 aromatic heterocycles. The Kier molecular flexibility index (Phi) is 7.90. The van der Waals surface area contributed by atoms with Gasteiger partial charge in [-0.1, -0.05) is 19.6 Å². The molecule has 31 heavy (non-hydrogen) atoms. The predicted octanol–water partition coefficient (Wildman–Crippen LogP) is 4.45. The van der Waals surface area contributed by atoms with Crippen LogP contribution in [-0.4, -0.2) is 54.3 Å². The van der Waals surface area contributed by atoms with E-state index in [2.05, 4.69) is 40.2 Å². The lowest BCUT2D eigenvalue weighted by atomic mass is 10.1. The fraction of sp³-hybridized carbons (Fsp3) is 0.550. The van der Waals surface area contributed by atoms with Gasteiger partial charge in [0.25, 0.3) is 5.56 Å². The highest BCUT2D eigenvalue weighted by atomic mass is 28.3. The molecular formula is C20H32N6O4Si. The zero-order chi connectivity index (χ0) is 23.2. The SMILES string of the molecule is CC(C)(C)OC(=O)n1cc(-c2c[nH]c(=O)c(NCCOCC[Si](C)(C)C)c2N=N)cn1. The molecule has 0 unspecified atom stereocenters. The zero-order valence-electron chi connectivity index (χ0n) is 19.0. The van der Waals surface area contributed by atoms with Crippen molar-refractivity contribution in [1.29, 1.82) is 5.53 Å². The summed E-state index contributed by atoms with van der Waals surface area (Å²) < 4.78 is 12.0. The maximum absolute atomic E-state index is 12.3. The van der Waals surface area contributed by atoms with Gasteiger partial charge in [0.05, 0.1) is 12.8 Å². The summed E-state index contributed by atoms with van der Waals surface area (Å²) in [7, 11) is -1.15. The summed E-state index contributed by atoms with van der Waals surface area (Å²) >= 11 is 0. The molecule has 11 heteroatoms. The number of hydrogen-bond acceptors (Lipinski definition) is 8. The Hall–Kier alpha value is -2.79. The quantitative estimate of drug-likeness (QED) is 0.295. The van der Waals surface area contributed by atoms with E-state index in [-0.39, 0.29) is 11.4 Å². The van der Waals surface area contributed by atoms with Gasteiger partial charge in [0.1, 0.15) is 17.0 Å². The van der Waals surface area contributed by atoms with Crippen LogP contribution in [0.25, 0.3) is 11.1 Å². The van der Waals surface area contributed by atoms with Gasteiger partial charge in [-0.05, 0) is 26.8 Å². The lowest BCUT2D eigenvalue weighted by Gasteiger charge is -2.18. The first kappa shape index (κ1) is 24.5. The third kappa shape index (κ3) is 7.44. The van der Waals surface area contributed by atoms with Crippen molar-refractivity contribution in [2.24, 2.45) is 5.11 Å². The zero-order valence-corrected chi connectivity index (χ0v) is 20.0. The molecule has 0 spiro atoms. The van der Waals surface area contributed by atoms with Crippen LogP contribution in [0.2, 0.25) is 25.7 Å². The van der Waals surface area contributed by atoms with Gasteiger partial charge < -0.3 is 19.8 Å². The molecule has 0 aliphatic heterocycles. The Morgan fingerprint density at radius 2 is 2.03 bits per heavy atom. The average Bonchev–Trinajstić information content (AvgIpc) is 3.13. The molecule has 0 saturated carbocycles. The molecule has 2 heterocycles. The number of nitrogens with one attached hydrogen (secondary N) is 3. The number of nitrogens with zero attached hydrogens (tertiary/aromatic N) is 3. The van der Waals surface area contributed by atoms with Gasteiger partial charge in [0, 0.05) is 44.7 Å². The third-order valence-corrected chi connectivity index (χ3v) is 5.90. The van der Waals surface area contributed by atoms with E-state index in [4.69, 9.17) is 15.0 Å². The number of ether oxygens (including phenoxy) is 2. The number of aromatic amines is 1. The van der Waals surface area contributed by atoms with E-state index in [1.54, 1.807) is 20.8 Å². The molecule has 0 fully saturated rings. The van der Waals surface area contributed by atoms with Crippen LogP contribution in [0.15, 0.2) is 28.5 Å². The van der Waals surface area contributed by atoms with Crippen LogP contribution < -0.4 is 10.9 Å². The summed E-state index contributed by atoms with van der Waals surface area (Å²) in [5.74, 6) is 0. The molecule has 0 aromatic carbocycles. The molecule has 3 N–H and O–H groups in total. The van der Waals surface area contributed by atoms with Crippen molar-refractivity contribution in [1.82, 2.24) is 14.8 Å². The van der Waals surface area contributed by atoms with Crippen LogP contribution in [0.5, 0.6) is 0 Å². The Bertz CT molecular complexity index is 971. The topological polar surface area (TPSA) is 134 Å². The van der Waals surface area contributed by atoms with E-state index in [0.717, 1.165) is 10.7 Å². The number of aromatic nitrogens is 3. The molecule has 2 aromatic rings. The second-order valence-corrected chi connectivity index (χ2v) is 15.0. The molecule has 170 valence electrons. The normalized spacial score (nSPS) is 11.9.